The lowest BCUT2D eigenvalue weighted by molar-refractivity contribution is 1.07. The Balaban J connectivity index is 1.10. The summed E-state index contributed by atoms with van der Waals surface area (Å²) in [5, 5.41) is 4.69. The minimum atomic E-state index is 0.572. The number of rotatable bonds is 9. The van der Waals surface area contributed by atoms with Crippen molar-refractivity contribution in [2.45, 2.75) is 0 Å². The molecule has 0 unspecified atom stereocenters. The predicted molar refractivity (Wildman–Crippen MR) is 304 cm³/mol. The maximum atomic E-state index is 5.29. The molecule has 4 aromatic heterocycles. The molecule has 0 atom stereocenters. The fourth-order valence-corrected chi connectivity index (χ4v) is 10.8. The van der Waals surface area contributed by atoms with E-state index in [1.807, 2.05) is 48.7 Å². The van der Waals surface area contributed by atoms with Gasteiger partial charge in [0.15, 0.2) is 17.5 Å². The lowest BCUT2D eigenvalue weighted by Crippen LogP contribution is -2.05. The van der Waals surface area contributed by atoms with Gasteiger partial charge in [-0.1, -0.05) is 188 Å². The van der Waals surface area contributed by atoms with Crippen LogP contribution < -0.4 is 0 Å². The van der Waals surface area contributed by atoms with E-state index >= 15 is 0 Å². The molecular formula is C68H44N6. The molecular weight excluding hydrogens is 901 g/mol. The quantitative estimate of drug-likeness (QED) is 0.145. The molecule has 0 saturated carbocycles. The van der Waals surface area contributed by atoms with Gasteiger partial charge in [-0.25, -0.2) is 15.0 Å². The van der Waals surface area contributed by atoms with Crippen molar-refractivity contribution in [1.29, 1.82) is 0 Å². The van der Waals surface area contributed by atoms with Crippen LogP contribution >= 0.6 is 0 Å². The largest absolute Gasteiger partial charge is 0.309 e. The fourth-order valence-electron chi connectivity index (χ4n) is 10.8. The van der Waals surface area contributed by atoms with Gasteiger partial charge in [-0.3, -0.25) is 4.98 Å². The summed E-state index contributed by atoms with van der Waals surface area (Å²) in [5.74, 6) is 1.78. The van der Waals surface area contributed by atoms with Crippen molar-refractivity contribution in [2.75, 3.05) is 0 Å². The zero-order chi connectivity index (χ0) is 49.0. The van der Waals surface area contributed by atoms with Crippen LogP contribution in [0.15, 0.2) is 267 Å². The van der Waals surface area contributed by atoms with Crippen LogP contribution in [0.5, 0.6) is 0 Å². The van der Waals surface area contributed by atoms with Crippen molar-refractivity contribution in [3.63, 3.8) is 0 Å². The van der Waals surface area contributed by atoms with E-state index in [2.05, 4.69) is 228 Å². The van der Waals surface area contributed by atoms with Crippen molar-refractivity contribution in [2.24, 2.45) is 0 Å². The Morgan fingerprint density at radius 3 is 1.23 bits per heavy atom. The number of aromatic nitrogens is 6. The third-order valence-electron chi connectivity index (χ3n) is 14.2. The maximum Gasteiger partial charge on any atom is 0.164 e. The van der Waals surface area contributed by atoms with Gasteiger partial charge < -0.3 is 9.13 Å². The van der Waals surface area contributed by atoms with Gasteiger partial charge in [0, 0.05) is 61.1 Å². The van der Waals surface area contributed by atoms with Gasteiger partial charge in [0.05, 0.1) is 39.1 Å². The molecule has 6 nitrogen and oxygen atoms in total. The van der Waals surface area contributed by atoms with E-state index in [4.69, 9.17) is 19.9 Å². The van der Waals surface area contributed by atoms with Crippen LogP contribution in [0.3, 0.4) is 0 Å². The summed E-state index contributed by atoms with van der Waals surface area (Å²) in [5.41, 5.74) is 17.6. The minimum Gasteiger partial charge on any atom is -0.309 e. The first-order valence-electron chi connectivity index (χ1n) is 25.0. The normalized spacial score (nSPS) is 11.5. The maximum absolute atomic E-state index is 5.29. The Bertz CT molecular complexity index is 4340. The molecule has 0 aliphatic heterocycles. The van der Waals surface area contributed by atoms with Gasteiger partial charge in [0.1, 0.15) is 0 Å². The summed E-state index contributed by atoms with van der Waals surface area (Å²) < 4.78 is 4.88. The van der Waals surface area contributed by atoms with Crippen molar-refractivity contribution in [3.8, 4) is 90.2 Å². The number of para-hydroxylation sites is 2. The molecule has 0 radical (unpaired) electrons. The summed E-state index contributed by atoms with van der Waals surface area (Å²) in [4.78, 5) is 20.7. The number of nitrogens with zero attached hydrogens (tertiary/aromatic N) is 6. The van der Waals surface area contributed by atoms with Crippen molar-refractivity contribution < 1.29 is 0 Å². The Morgan fingerprint density at radius 2 is 0.703 bits per heavy atom. The monoisotopic (exact) mass is 944 g/mol. The summed E-state index contributed by atoms with van der Waals surface area (Å²) in [7, 11) is 0. The zero-order valence-electron chi connectivity index (χ0n) is 40.1. The number of hydrogen-bond donors (Lipinski definition) is 0. The average Bonchev–Trinajstić information content (AvgIpc) is 4.00. The topological polar surface area (TPSA) is 61.4 Å². The summed E-state index contributed by atoms with van der Waals surface area (Å²) in [6.07, 6.45) is 1.88. The van der Waals surface area contributed by atoms with Crippen molar-refractivity contribution in [3.05, 3.63) is 267 Å². The second-order valence-electron chi connectivity index (χ2n) is 18.6. The van der Waals surface area contributed by atoms with Crippen LogP contribution in [0.4, 0.5) is 0 Å². The van der Waals surface area contributed by atoms with Crippen molar-refractivity contribution in [1.82, 2.24) is 29.1 Å². The van der Waals surface area contributed by atoms with E-state index in [9.17, 15) is 0 Å². The van der Waals surface area contributed by atoms with Gasteiger partial charge in [-0.15, -0.1) is 0 Å². The van der Waals surface area contributed by atoms with Crippen LogP contribution in [-0.4, -0.2) is 29.1 Å². The Morgan fingerprint density at radius 1 is 0.257 bits per heavy atom. The van der Waals surface area contributed by atoms with Crippen LogP contribution in [0.25, 0.3) is 134 Å². The molecule has 0 amide bonds. The molecule has 0 N–H and O–H groups in total. The first-order chi connectivity index (χ1) is 36.7. The van der Waals surface area contributed by atoms with Crippen LogP contribution in [0.2, 0.25) is 0 Å². The summed E-state index contributed by atoms with van der Waals surface area (Å²) in [6, 6.07) is 92.4. The van der Waals surface area contributed by atoms with E-state index in [1.165, 1.54) is 43.8 Å². The van der Waals surface area contributed by atoms with Crippen LogP contribution in [0, 0.1) is 0 Å². The minimum absolute atomic E-state index is 0.572. The highest BCUT2D eigenvalue weighted by Gasteiger charge is 2.25. The second kappa shape index (κ2) is 18.0. The number of pyridine rings is 1. The molecule has 14 aromatic rings. The lowest BCUT2D eigenvalue weighted by atomic mass is 9.92. The number of hydrogen-bond acceptors (Lipinski definition) is 4. The Kier molecular flexibility index (Phi) is 10.4. The molecule has 0 aliphatic rings. The number of fused-ring (bicyclic) bond motifs is 6. The molecule has 6 heteroatoms. The molecule has 0 saturated heterocycles. The third kappa shape index (κ3) is 7.35. The smallest absolute Gasteiger partial charge is 0.164 e. The van der Waals surface area contributed by atoms with Gasteiger partial charge in [0.2, 0.25) is 0 Å². The molecule has 0 aliphatic carbocycles. The molecule has 4 heterocycles. The number of benzene rings is 10. The second-order valence-corrected chi connectivity index (χ2v) is 18.6. The lowest BCUT2D eigenvalue weighted by Gasteiger charge is -2.22. The predicted octanol–water partition coefficient (Wildman–Crippen LogP) is 17.1. The highest BCUT2D eigenvalue weighted by atomic mass is 15.0. The first-order valence-corrected chi connectivity index (χ1v) is 25.0. The SMILES string of the molecule is c1ccc(-c2ccc3c(c2)c2ccccc2n3-c2ccc(-c3nc(-c4ccccc4)nc(-c4ccccc4)n3)cc2-c2c(-c3ccccn3)cccc2-n2c3ccccc3c3cc(-c4ccccc4)ccc32)cc1. The summed E-state index contributed by atoms with van der Waals surface area (Å²) in [6.45, 7) is 0. The summed E-state index contributed by atoms with van der Waals surface area (Å²) >= 11 is 0. The Labute approximate surface area is 427 Å². The standard InChI is InChI=1S/C68H44N6/c1-5-20-45(21-6-1)49-35-38-61-55(42-49)52-28-13-15-32-59(52)73(61)63-40-37-51(68-71-66(47-24-9-3-10-25-47)70-67(72-68)48-26-11-4-12-27-48)44-57(63)65-54(58-31-17-18-41-69-58)30-19-34-64(65)74-60-33-16-14-29-53(60)56-43-50(36-39-62(56)74)46-22-7-2-8-23-46/h1-44H. The van der Waals surface area contributed by atoms with E-state index < -0.39 is 0 Å². The van der Waals surface area contributed by atoms with Gasteiger partial charge in [-0.05, 0) is 95.1 Å². The molecule has 74 heavy (non-hydrogen) atoms. The zero-order valence-corrected chi connectivity index (χ0v) is 40.1. The molecule has 0 spiro atoms. The average molecular weight is 945 g/mol. The van der Waals surface area contributed by atoms with Gasteiger partial charge >= 0.3 is 0 Å². The van der Waals surface area contributed by atoms with Crippen molar-refractivity contribution >= 4 is 43.6 Å². The highest BCUT2D eigenvalue weighted by Crippen LogP contribution is 2.46. The van der Waals surface area contributed by atoms with E-state index in [0.717, 1.165) is 72.5 Å². The van der Waals surface area contributed by atoms with E-state index in [0.29, 0.717) is 17.5 Å². The third-order valence-corrected chi connectivity index (χ3v) is 14.2. The van der Waals surface area contributed by atoms with Gasteiger partial charge in [-0.2, -0.15) is 0 Å². The fraction of sp³-hybridized carbons (Fsp3) is 0. The van der Waals surface area contributed by atoms with Gasteiger partial charge in [0.25, 0.3) is 0 Å². The molecule has 10 aromatic carbocycles. The Hall–Kier alpha value is -10.0. The van der Waals surface area contributed by atoms with Crippen LogP contribution in [0.1, 0.15) is 0 Å². The molecule has 14 rings (SSSR count). The van der Waals surface area contributed by atoms with E-state index in [1.54, 1.807) is 0 Å². The van der Waals surface area contributed by atoms with Crippen LogP contribution in [-0.2, 0) is 0 Å². The molecule has 346 valence electrons. The molecule has 0 bridgehead atoms. The first kappa shape index (κ1) is 42.8. The highest BCUT2D eigenvalue weighted by molar-refractivity contribution is 6.13. The molecule has 0 fully saturated rings. The van der Waals surface area contributed by atoms with E-state index in [-0.39, 0.29) is 0 Å².